The Labute approximate surface area is 312 Å². The summed E-state index contributed by atoms with van der Waals surface area (Å²) in [5.74, 6) is 1.39. The minimum absolute atomic E-state index is 0.0281. The van der Waals surface area contributed by atoms with Crippen molar-refractivity contribution >= 4 is 46.0 Å². The van der Waals surface area contributed by atoms with Crippen LogP contribution in [0.1, 0.15) is 65.0 Å². The van der Waals surface area contributed by atoms with E-state index in [9.17, 15) is 14.9 Å². The Bertz CT molecular complexity index is 2150. The van der Waals surface area contributed by atoms with Crippen LogP contribution in [-0.2, 0) is 11.4 Å². The summed E-state index contributed by atoms with van der Waals surface area (Å²) in [6, 6.07) is 37.7. The predicted octanol–water partition coefficient (Wildman–Crippen LogP) is 9.34. The normalized spacial score (nSPS) is 19.2. The number of amidine groups is 1. The van der Waals surface area contributed by atoms with Crippen molar-refractivity contribution in [2.75, 3.05) is 24.6 Å². The second kappa shape index (κ2) is 15.0. The van der Waals surface area contributed by atoms with Gasteiger partial charge in [-0.05, 0) is 107 Å². The van der Waals surface area contributed by atoms with E-state index in [4.69, 9.17) is 14.5 Å². The number of rotatable bonds is 10. The molecule has 3 aliphatic heterocycles. The number of nitrogens with one attached hydrogen (secondary N) is 1. The molecular formula is C43H38N4O5S. The van der Waals surface area contributed by atoms with Gasteiger partial charge in [0.15, 0.2) is 16.7 Å². The summed E-state index contributed by atoms with van der Waals surface area (Å²) in [5, 5.41) is 14.5. The lowest BCUT2D eigenvalue weighted by Gasteiger charge is -2.43. The summed E-state index contributed by atoms with van der Waals surface area (Å²) >= 11 is 1.32. The third-order valence-electron chi connectivity index (χ3n) is 9.99. The number of hydrogen-bond acceptors (Lipinski definition) is 8. The van der Waals surface area contributed by atoms with Gasteiger partial charge in [-0.3, -0.25) is 14.9 Å². The number of non-ortho nitro benzene ring substituents is 1. The van der Waals surface area contributed by atoms with Gasteiger partial charge in [0.05, 0.1) is 22.1 Å². The largest absolute Gasteiger partial charge is 0.490 e. The van der Waals surface area contributed by atoms with E-state index in [1.807, 2.05) is 31.2 Å². The Morgan fingerprint density at radius 3 is 2.09 bits per heavy atom. The van der Waals surface area contributed by atoms with Crippen LogP contribution < -0.4 is 19.7 Å². The minimum atomic E-state index is -0.428. The molecule has 0 radical (unpaired) electrons. The smallest absolute Gasteiger partial charge is 0.269 e. The molecule has 1 amide bonds. The van der Waals surface area contributed by atoms with E-state index in [1.165, 1.54) is 51.8 Å². The van der Waals surface area contributed by atoms with Crippen LogP contribution in [-0.4, -0.2) is 35.7 Å². The number of carbonyl (C=O) groups is 1. The highest BCUT2D eigenvalue weighted by atomic mass is 32.2. The van der Waals surface area contributed by atoms with E-state index in [0.29, 0.717) is 28.2 Å². The fraction of sp³-hybridized carbons (Fsp3) is 0.209. The summed E-state index contributed by atoms with van der Waals surface area (Å²) in [6.45, 7) is 4.58. The zero-order chi connectivity index (χ0) is 36.3. The fourth-order valence-corrected chi connectivity index (χ4v) is 8.37. The van der Waals surface area contributed by atoms with Crippen LogP contribution in [0.4, 0.5) is 17.1 Å². The van der Waals surface area contributed by atoms with Crippen molar-refractivity contribution in [3.05, 3.63) is 164 Å². The summed E-state index contributed by atoms with van der Waals surface area (Å²) in [4.78, 5) is 32.0. The van der Waals surface area contributed by atoms with Crippen LogP contribution in [0.25, 0.3) is 6.08 Å². The monoisotopic (exact) mass is 722 g/mol. The van der Waals surface area contributed by atoms with Gasteiger partial charge in [-0.25, -0.2) is 4.99 Å². The molecule has 0 bridgehead atoms. The lowest BCUT2D eigenvalue weighted by molar-refractivity contribution is -0.384. The average molecular weight is 723 g/mol. The van der Waals surface area contributed by atoms with E-state index in [0.717, 1.165) is 42.7 Å². The Morgan fingerprint density at radius 1 is 0.849 bits per heavy atom. The van der Waals surface area contributed by atoms with Gasteiger partial charge in [0.1, 0.15) is 6.61 Å². The molecule has 1 fully saturated rings. The molecule has 3 aliphatic rings. The molecule has 5 aromatic carbocycles. The first-order valence-corrected chi connectivity index (χ1v) is 18.7. The summed E-state index contributed by atoms with van der Waals surface area (Å²) in [5.41, 5.74) is 8.98. The average Bonchev–Trinajstić information content (AvgIpc) is 3.52. The van der Waals surface area contributed by atoms with Gasteiger partial charge in [-0.2, -0.15) is 0 Å². The Balaban J connectivity index is 1.08. The highest BCUT2D eigenvalue weighted by molar-refractivity contribution is 8.18. The molecule has 266 valence electrons. The van der Waals surface area contributed by atoms with Crippen molar-refractivity contribution in [3.63, 3.8) is 0 Å². The van der Waals surface area contributed by atoms with Crippen molar-refractivity contribution in [1.29, 1.82) is 0 Å². The van der Waals surface area contributed by atoms with Gasteiger partial charge in [0.25, 0.3) is 11.6 Å². The molecule has 0 aliphatic carbocycles. The van der Waals surface area contributed by atoms with Gasteiger partial charge >= 0.3 is 0 Å². The summed E-state index contributed by atoms with van der Waals surface area (Å²) in [6.07, 6.45) is 3.90. The molecule has 9 nitrogen and oxygen atoms in total. The molecule has 0 aromatic heterocycles. The Morgan fingerprint density at radius 2 is 1.49 bits per heavy atom. The van der Waals surface area contributed by atoms with Crippen LogP contribution in [0.2, 0.25) is 0 Å². The molecule has 1 N–H and O–H groups in total. The van der Waals surface area contributed by atoms with Gasteiger partial charge < -0.3 is 19.7 Å². The number of aliphatic imine (C=N–C) groups is 1. The predicted molar refractivity (Wildman–Crippen MR) is 210 cm³/mol. The van der Waals surface area contributed by atoms with Crippen molar-refractivity contribution < 1.29 is 19.2 Å². The van der Waals surface area contributed by atoms with Crippen molar-refractivity contribution in [2.24, 2.45) is 4.99 Å². The third-order valence-corrected chi connectivity index (χ3v) is 10.9. The zero-order valence-corrected chi connectivity index (χ0v) is 30.1. The van der Waals surface area contributed by atoms with Crippen LogP contribution in [0.5, 0.6) is 11.5 Å². The molecular weight excluding hydrogens is 685 g/mol. The fourth-order valence-electron chi connectivity index (χ4n) is 7.53. The number of nitrogens with zero attached hydrogens (tertiary/aromatic N) is 3. The third kappa shape index (κ3) is 7.27. The maximum absolute atomic E-state index is 13.3. The first-order chi connectivity index (χ1) is 25.9. The van der Waals surface area contributed by atoms with Crippen LogP contribution in [0.3, 0.4) is 0 Å². The first kappa shape index (κ1) is 34.2. The van der Waals surface area contributed by atoms with Gasteiger partial charge in [-0.15, -0.1) is 0 Å². The maximum atomic E-state index is 13.3. The molecule has 5 aromatic rings. The number of nitro benzene ring substituents is 1. The second-order valence-corrected chi connectivity index (χ2v) is 14.3. The van der Waals surface area contributed by atoms with E-state index in [2.05, 4.69) is 83.0 Å². The molecule has 0 saturated carbocycles. The van der Waals surface area contributed by atoms with Gasteiger partial charge in [0, 0.05) is 42.7 Å². The SMILES string of the molecule is CCOc1cc(/C=C2\SC(=Nc3cc4c5c(c3)[C@H](c3ccccc3)CCN5CC[C@H]4c3ccccc3)NC2=O)ccc1OCc1ccc([N+](=O)[O-])cc1. The van der Waals surface area contributed by atoms with Crippen LogP contribution >= 0.6 is 11.8 Å². The molecule has 2 atom stereocenters. The van der Waals surface area contributed by atoms with E-state index >= 15 is 0 Å². The standard InChI is InChI=1S/C43H38N4O5S/c1-2-51-39-23-29(15-18-38(39)52-27-28-13-16-33(17-14-28)47(49)50)24-40-42(48)45-43(53-40)44-32-25-36-34(30-9-5-3-6-10-30)19-21-46-22-20-35(37(26-32)41(36)46)31-11-7-4-8-12-31/h3-18,23-26,34-35H,2,19-22,27H2,1H3,(H,44,45,48)/b40-24-/t34-,35-/m0/s1. The second-order valence-electron chi connectivity index (χ2n) is 13.3. The Hall–Kier alpha value is -5.87. The molecule has 0 spiro atoms. The summed E-state index contributed by atoms with van der Waals surface area (Å²) < 4.78 is 11.9. The van der Waals surface area contributed by atoms with Crippen LogP contribution in [0, 0.1) is 10.1 Å². The lowest BCUT2D eigenvalue weighted by atomic mass is 9.76. The van der Waals surface area contributed by atoms with Gasteiger partial charge in [-0.1, -0.05) is 66.7 Å². The molecule has 0 unspecified atom stereocenters. The quantitative estimate of drug-likeness (QED) is 0.0870. The number of anilines is 1. The molecule has 1 saturated heterocycles. The van der Waals surface area contributed by atoms with Crippen LogP contribution in [0.15, 0.2) is 125 Å². The minimum Gasteiger partial charge on any atom is -0.490 e. The topological polar surface area (TPSA) is 106 Å². The molecule has 10 heteroatoms. The number of nitro groups is 1. The first-order valence-electron chi connectivity index (χ1n) is 17.9. The number of carbonyl (C=O) groups excluding carboxylic acids is 1. The molecule has 53 heavy (non-hydrogen) atoms. The summed E-state index contributed by atoms with van der Waals surface area (Å²) in [7, 11) is 0. The van der Waals surface area contributed by atoms with E-state index in [-0.39, 0.29) is 30.0 Å². The highest BCUT2D eigenvalue weighted by Gasteiger charge is 2.35. The molecule has 8 rings (SSSR count). The number of benzene rings is 5. The molecule has 3 heterocycles. The number of ether oxygens (including phenoxy) is 2. The van der Waals surface area contributed by atoms with Gasteiger partial charge in [0.2, 0.25) is 0 Å². The number of thioether (sulfide) groups is 1. The van der Waals surface area contributed by atoms with E-state index < -0.39 is 4.92 Å². The highest BCUT2D eigenvalue weighted by Crippen LogP contribution is 2.50. The Kier molecular flexibility index (Phi) is 9.69. The number of hydrogen-bond donors (Lipinski definition) is 1. The lowest BCUT2D eigenvalue weighted by Crippen LogP contribution is -2.37. The zero-order valence-electron chi connectivity index (χ0n) is 29.2. The maximum Gasteiger partial charge on any atom is 0.269 e. The van der Waals surface area contributed by atoms with Crippen molar-refractivity contribution in [1.82, 2.24) is 5.32 Å². The number of amides is 1. The van der Waals surface area contributed by atoms with E-state index in [1.54, 1.807) is 12.1 Å². The van der Waals surface area contributed by atoms with Crippen molar-refractivity contribution in [3.8, 4) is 11.5 Å². The van der Waals surface area contributed by atoms with Crippen molar-refractivity contribution in [2.45, 2.75) is 38.2 Å².